The van der Waals surface area contributed by atoms with Crippen LogP contribution in [0.3, 0.4) is 0 Å². The summed E-state index contributed by atoms with van der Waals surface area (Å²) in [5.74, 6) is -1.67. The molecule has 1 aliphatic rings. The fraction of sp³-hybridized carbons (Fsp3) is 0.529. The van der Waals surface area contributed by atoms with E-state index in [1.807, 2.05) is 24.3 Å². The molecule has 1 heterocycles. The highest BCUT2D eigenvalue weighted by Gasteiger charge is 2.42. The fourth-order valence-electron chi connectivity index (χ4n) is 2.82. The summed E-state index contributed by atoms with van der Waals surface area (Å²) in [7, 11) is 0. The second-order valence-electron chi connectivity index (χ2n) is 6.09. The molecule has 0 aliphatic carbocycles. The van der Waals surface area contributed by atoms with E-state index in [1.54, 1.807) is 13.8 Å². The quantitative estimate of drug-likeness (QED) is 0.819. The Labute approximate surface area is 144 Å². The van der Waals surface area contributed by atoms with E-state index in [9.17, 15) is 9.59 Å². The van der Waals surface area contributed by atoms with Crippen molar-refractivity contribution in [2.24, 2.45) is 5.92 Å². The van der Waals surface area contributed by atoms with Crippen LogP contribution in [0.4, 0.5) is 0 Å². The molecule has 2 unspecified atom stereocenters. The third-order valence-electron chi connectivity index (χ3n) is 4.68. The number of hydrogen-bond acceptors (Lipinski definition) is 3. The molecule has 1 aliphatic heterocycles. The molecule has 2 N–H and O–H groups in total. The summed E-state index contributed by atoms with van der Waals surface area (Å²) < 4.78 is 6.38. The van der Waals surface area contributed by atoms with E-state index in [4.69, 9.17) is 9.84 Å². The molecule has 0 aromatic heterocycles. The summed E-state index contributed by atoms with van der Waals surface area (Å²) in [5, 5.41) is 12.0. The molecule has 1 aromatic rings. The first-order chi connectivity index (χ1) is 10.9. The molecule has 126 valence electrons. The van der Waals surface area contributed by atoms with Crippen LogP contribution in [0.1, 0.15) is 32.3 Å². The number of hydrogen-bond donors (Lipinski definition) is 2. The summed E-state index contributed by atoms with van der Waals surface area (Å²) in [6, 6.07) is 7.29. The van der Waals surface area contributed by atoms with Gasteiger partial charge in [0.05, 0.1) is 11.3 Å². The van der Waals surface area contributed by atoms with Crippen molar-refractivity contribution in [2.45, 2.75) is 38.1 Å². The molecule has 1 aromatic carbocycles. The molecule has 6 heteroatoms. The first kappa shape index (κ1) is 17.9. The van der Waals surface area contributed by atoms with Crippen molar-refractivity contribution in [2.75, 3.05) is 13.2 Å². The van der Waals surface area contributed by atoms with Crippen molar-refractivity contribution < 1.29 is 19.4 Å². The summed E-state index contributed by atoms with van der Waals surface area (Å²) >= 11 is 3.41. The Bertz CT molecular complexity index is 566. The minimum Gasteiger partial charge on any atom is -0.481 e. The highest BCUT2D eigenvalue weighted by molar-refractivity contribution is 9.10. The molecule has 5 nitrogen and oxygen atoms in total. The molecule has 1 amide bonds. The SMILES string of the molecule is CC(NC(=O)C1(c2ccc(Br)cc2)CCOCC1)C(C)C(=O)O. The third kappa shape index (κ3) is 3.93. The first-order valence-electron chi connectivity index (χ1n) is 7.74. The van der Waals surface area contributed by atoms with Crippen LogP contribution in [0.25, 0.3) is 0 Å². The van der Waals surface area contributed by atoms with Gasteiger partial charge in [-0.25, -0.2) is 0 Å². The molecule has 1 fully saturated rings. The van der Waals surface area contributed by atoms with Crippen molar-refractivity contribution in [1.29, 1.82) is 0 Å². The zero-order valence-electron chi connectivity index (χ0n) is 13.3. The van der Waals surface area contributed by atoms with Crippen molar-refractivity contribution in [3.63, 3.8) is 0 Å². The fourth-order valence-corrected chi connectivity index (χ4v) is 3.08. The van der Waals surface area contributed by atoms with Crippen molar-refractivity contribution in [1.82, 2.24) is 5.32 Å². The van der Waals surface area contributed by atoms with E-state index in [2.05, 4.69) is 21.2 Å². The average Bonchev–Trinajstić information content (AvgIpc) is 2.55. The van der Waals surface area contributed by atoms with Gasteiger partial charge in [0.25, 0.3) is 0 Å². The summed E-state index contributed by atoms with van der Waals surface area (Å²) in [6.07, 6.45) is 1.18. The Morgan fingerprint density at radius 1 is 1.22 bits per heavy atom. The molecule has 2 rings (SSSR count). The van der Waals surface area contributed by atoms with Gasteiger partial charge in [-0.05, 0) is 44.4 Å². The van der Waals surface area contributed by atoms with E-state index < -0.39 is 23.3 Å². The predicted octanol–water partition coefficient (Wildman–Crippen LogP) is 2.72. The van der Waals surface area contributed by atoms with Crippen LogP contribution >= 0.6 is 15.9 Å². The summed E-state index contributed by atoms with van der Waals surface area (Å²) in [5.41, 5.74) is 0.280. The van der Waals surface area contributed by atoms with Gasteiger partial charge in [-0.2, -0.15) is 0 Å². The van der Waals surface area contributed by atoms with Gasteiger partial charge in [-0.15, -0.1) is 0 Å². The van der Waals surface area contributed by atoms with E-state index in [-0.39, 0.29) is 5.91 Å². The predicted molar refractivity (Wildman–Crippen MR) is 90.3 cm³/mol. The van der Waals surface area contributed by atoms with Gasteiger partial charge in [-0.1, -0.05) is 28.1 Å². The number of ether oxygens (including phenoxy) is 1. The summed E-state index contributed by atoms with van der Waals surface area (Å²) in [6.45, 7) is 4.37. The highest BCUT2D eigenvalue weighted by atomic mass is 79.9. The van der Waals surface area contributed by atoms with Crippen LogP contribution in [0.2, 0.25) is 0 Å². The number of amides is 1. The van der Waals surface area contributed by atoms with E-state index >= 15 is 0 Å². The van der Waals surface area contributed by atoms with Crippen LogP contribution in [0, 0.1) is 5.92 Å². The van der Waals surface area contributed by atoms with Crippen molar-refractivity contribution in [3.05, 3.63) is 34.3 Å². The molecular formula is C17H22BrNO4. The number of rotatable bonds is 5. The van der Waals surface area contributed by atoms with Crippen LogP contribution in [0.15, 0.2) is 28.7 Å². The highest BCUT2D eigenvalue weighted by Crippen LogP contribution is 2.36. The maximum Gasteiger partial charge on any atom is 0.308 e. The van der Waals surface area contributed by atoms with Crippen LogP contribution in [-0.2, 0) is 19.7 Å². The van der Waals surface area contributed by atoms with Crippen LogP contribution in [0.5, 0.6) is 0 Å². The number of carbonyl (C=O) groups excluding carboxylic acids is 1. The molecule has 0 radical (unpaired) electrons. The van der Waals surface area contributed by atoms with E-state index in [0.29, 0.717) is 26.1 Å². The molecule has 23 heavy (non-hydrogen) atoms. The second-order valence-corrected chi connectivity index (χ2v) is 7.01. The number of halogens is 1. The van der Waals surface area contributed by atoms with Crippen molar-refractivity contribution in [3.8, 4) is 0 Å². The van der Waals surface area contributed by atoms with Gasteiger partial charge in [0, 0.05) is 23.7 Å². The number of aliphatic carboxylic acids is 1. The Balaban J connectivity index is 2.25. The van der Waals surface area contributed by atoms with Gasteiger partial charge in [0.15, 0.2) is 0 Å². The lowest BCUT2D eigenvalue weighted by molar-refractivity contribution is -0.142. The number of nitrogens with one attached hydrogen (secondary N) is 1. The van der Waals surface area contributed by atoms with Gasteiger partial charge >= 0.3 is 5.97 Å². The third-order valence-corrected chi connectivity index (χ3v) is 5.20. The number of benzene rings is 1. The first-order valence-corrected chi connectivity index (χ1v) is 8.54. The molecule has 2 atom stereocenters. The zero-order chi connectivity index (χ0) is 17.0. The standard InChI is InChI=1S/C17H22BrNO4/c1-11(15(20)21)12(2)19-16(22)17(7-9-23-10-8-17)13-3-5-14(18)6-4-13/h3-6,11-12H,7-10H2,1-2H3,(H,19,22)(H,20,21). The maximum absolute atomic E-state index is 13.0. The molecule has 1 saturated heterocycles. The molecular weight excluding hydrogens is 362 g/mol. The van der Waals surface area contributed by atoms with Crippen LogP contribution < -0.4 is 5.32 Å². The minimum absolute atomic E-state index is 0.122. The monoisotopic (exact) mass is 383 g/mol. The van der Waals surface area contributed by atoms with Gasteiger partial charge in [-0.3, -0.25) is 9.59 Å². The second kappa shape index (κ2) is 7.45. The normalized spacial score (nSPS) is 19.6. The Hall–Kier alpha value is -1.40. The Morgan fingerprint density at radius 3 is 2.30 bits per heavy atom. The molecule has 0 bridgehead atoms. The maximum atomic E-state index is 13.0. The topological polar surface area (TPSA) is 75.6 Å². The average molecular weight is 384 g/mol. The number of carboxylic acids is 1. The summed E-state index contributed by atoms with van der Waals surface area (Å²) in [4.78, 5) is 24.1. The zero-order valence-corrected chi connectivity index (χ0v) is 14.9. The lowest BCUT2D eigenvalue weighted by atomic mass is 9.73. The van der Waals surface area contributed by atoms with E-state index in [0.717, 1.165) is 10.0 Å². The Kier molecular flexibility index (Phi) is 5.81. The van der Waals surface area contributed by atoms with Gasteiger partial charge < -0.3 is 15.2 Å². The minimum atomic E-state index is -0.914. The van der Waals surface area contributed by atoms with Crippen LogP contribution in [-0.4, -0.2) is 36.2 Å². The number of carbonyl (C=O) groups is 2. The lowest BCUT2D eigenvalue weighted by Gasteiger charge is -2.37. The van der Waals surface area contributed by atoms with Gasteiger partial charge in [0.1, 0.15) is 0 Å². The smallest absolute Gasteiger partial charge is 0.308 e. The number of carboxylic acid groups (broad SMARTS) is 1. The molecule has 0 spiro atoms. The largest absolute Gasteiger partial charge is 0.481 e. The van der Waals surface area contributed by atoms with Crippen molar-refractivity contribution >= 4 is 27.8 Å². The lowest BCUT2D eigenvalue weighted by Crippen LogP contribution is -2.52. The van der Waals surface area contributed by atoms with E-state index in [1.165, 1.54) is 0 Å². The van der Waals surface area contributed by atoms with Gasteiger partial charge in [0.2, 0.25) is 5.91 Å². The molecule has 0 saturated carbocycles. The Morgan fingerprint density at radius 2 is 1.78 bits per heavy atom.